The Morgan fingerprint density at radius 3 is 2.35 bits per heavy atom. The number of nitrogens with two attached hydrogens (primary N) is 1. The second-order valence-electron chi connectivity index (χ2n) is 4.63. The van der Waals surface area contributed by atoms with Gasteiger partial charge in [0.15, 0.2) is 11.5 Å². The number of rotatable bonds is 3. The lowest BCUT2D eigenvalue weighted by atomic mass is 10.2. The van der Waals surface area contributed by atoms with Crippen molar-refractivity contribution in [2.75, 3.05) is 31.1 Å². The van der Waals surface area contributed by atoms with Gasteiger partial charge in [0, 0.05) is 26.2 Å². The fraction of sp³-hybridized carbons (Fsp3) is 0.500. The molecule has 2 amide bonds. The van der Waals surface area contributed by atoms with Gasteiger partial charge in [-0.1, -0.05) is 0 Å². The van der Waals surface area contributed by atoms with Crippen LogP contribution in [0.5, 0.6) is 0 Å². The summed E-state index contributed by atoms with van der Waals surface area (Å²) in [5.74, 6) is -0.240. The van der Waals surface area contributed by atoms with Crippen LogP contribution >= 0.6 is 0 Å². The fourth-order valence-electron chi connectivity index (χ4n) is 2.05. The standard InChI is InChI=1S/C12H17N5O3/c1-8(18)12(20)17-6-4-16(5-7-17)10-3-2-9(11(13)19)14-15-10/h2-3,8,18H,4-7H2,1H3,(H2,13,19). The average Bonchev–Trinajstić information content (AvgIpc) is 2.46. The SMILES string of the molecule is CC(O)C(=O)N1CCN(c2ccc(C(N)=O)nn2)CC1. The lowest BCUT2D eigenvalue weighted by molar-refractivity contribution is -0.139. The first-order chi connectivity index (χ1) is 9.49. The predicted octanol–water partition coefficient (Wildman–Crippen LogP) is -1.40. The third kappa shape index (κ3) is 3.02. The zero-order chi connectivity index (χ0) is 14.7. The van der Waals surface area contributed by atoms with E-state index in [-0.39, 0.29) is 11.6 Å². The van der Waals surface area contributed by atoms with Crippen LogP contribution in [0.25, 0.3) is 0 Å². The molecule has 1 aromatic heterocycles. The van der Waals surface area contributed by atoms with Crippen molar-refractivity contribution in [3.05, 3.63) is 17.8 Å². The summed E-state index contributed by atoms with van der Waals surface area (Å²) >= 11 is 0. The number of anilines is 1. The number of hydrogen-bond donors (Lipinski definition) is 2. The highest BCUT2D eigenvalue weighted by Crippen LogP contribution is 2.13. The zero-order valence-electron chi connectivity index (χ0n) is 11.2. The number of aliphatic hydroxyl groups excluding tert-OH is 1. The van der Waals surface area contributed by atoms with Crippen LogP contribution in [0, 0.1) is 0 Å². The molecule has 1 unspecified atom stereocenters. The molecule has 0 aliphatic carbocycles. The van der Waals surface area contributed by atoms with Crippen LogP contribution < -0.4 is 10.6 Å². The summed E-state index contributed by atoms with van der Waals surface area (Å²) in [6.45, 7) is 3.70. The van der Waals surface area contributed by atoms with Gasteiger partial charge in [-0.25, -0.2) is 0 Å². The maximum atomic E-state index is 11.6. The minimum atomic E-state index is -0.976. The van der Waals surface area contributed by atoms with Crippen LogP contribution in [0.1, 0.15) is 17.4 Å². The third-order valence-electron chi connectivity index (χ3n) is 3.18. The monoisotopic (exact) mass is 279 g/mol. The summed E-state index contributed by atoms with van der Waals surface area (Å²) in [5, 5.41) is 17.0. The van der Waals surface area contributed by atoms with Gasteiger partial charge in [-0.05, 0) is 19.1 Å². The summed E-state index contributed by atoms with van der Waals surface area (Å²) in [7, 11) is 0. The van der Waals surface area contributed by atoms with Gasteiger partial charge >= 0.3 is 0 Å². The van der Waals surface area contributed by atoms with E-state index in [9.17, 15) is 14.7 Å². The first-order valence-corrected chi connectivity index (χ1v) is 6.34. The maximum Gasteiger partial charge on any atom is 0.269 e. The van der Waals surface area contributed by atoms with E-state index in [2.05, 4.69) is 10.2 Å². The van der Waals surface area contributed by atoms with Crippen LogP contribution in [-0.4, -0.2) is 64.3 Å². The van der Waals surface area contributed by atoms with E-state index in [0.29, 0.717) is 32.0 Å². The Bertz CT molecular complexity index is 494. The second kappa shape index (κ2) is 5.83. The highest BCUT2D eigenvalue weighted by atomic mass is 16.3. The van der Waals surface area contributed by atoms with Crippen molar-refractivity contribution < 1.29 is 14.7 Å². The minimum Gasteiger partial charge on any atom is -0.384 e. The Balaban J connectivity index is 1.97. The lowest BCUT2D eigenvalue weighted by Crippen LogP contribution is -2.51. The van der Waals surface area contributed by atoms with Crippen LogP contribution in [0.4, 0.5) is 5.82 Å². The number of primary amides is 1. The normalized spacial score (nSPS) is 16.9. The number of nitrogens with zero attached hydrogens (tertiary/aromatic N) is 4. The summed E-state index contributed by atoms with van der Waals surface area (Å²) in [5.41, 5.74) is 5.22. The number of piperazine rings is 1. The first kappa shape index (κ1) is 14.2. The van der Waals surface area contributed by atoms with E-state index in [0.717, 1.165) is 0 Å². The average molecular weight is 279 g/mol. The molecule has 0 radical (unpaired) electrons. The number of aliphatic hydroxyl groups is 1. The lowest BCUT2D eigenvalue weighted by Gasteiger charge is -2.35. The molecule has 1 aliphatic rings. The largest absolute Gasteiger partial charge is 0.384 e. The Kier molecular flexibility index (Phi) is 4.14. The maximum absolute atomic E-state index is 11.6. The van der Waals surface area contributed by atoms with Gasteiger partial charge in [0.2, 0.25) is 0 Å². The number of carbonyl (C=O) groups excluding carboxylic acids is 2. The summed E-state index contributed by atoms with van der Waals surface area (Å²) in [4.78, 5) is 26.1. The van der Waals surface area contributed by atoms with E-state index in [1.54, 1.807) is 11.0 Å². The quantitative estimate of drug-likeness (QED) is 0.704. The van der Waals surface area contributed by atoms with Crippen molar-refractivity contribution in [2.45, 2.75) is 13.0 Å². The van der Waals surface area contributed by atoms with Crippen molar-refractivity contribution in [1.82, 2.24) is 15.1 Å². The number of aromatic nitrogens is 2. The predicted molar refractivity (Wildman–Crippen MR) is 71.0 cm³/mol. The first-order valence-electron chi connectivity index (χ1n) is 6.34. The highest BCUT2D eigenvalue weighted by Gasteiger charge is 2.24. The zero-order valence-corrected chi connectivity index (χ0v) is 11.2. The Morgan fingerprint density at radius 2 is 1.90 bits per heavy atom. The van der Waals surface area contributed by atoms with Gasteiger partial charge in [-0.2, -0.15) is 0 Å². The molecule has 1 fully saturated rings. The molecule has 0 aromatic carbocycles. The molecule has 3 N–H and O–H groups in total. The Morgan fingerprint density at radius 1 is 1.25 bits per heavy atom. The van der Waals surface area contributed by atoms with E-state index >= 15 is 0 Å². The topological polar surface area (TPSA) is 113 Å². The number of hydrogen-bond acceptors (Lipinski definition) is 6. The Labute approximate surface area is 116 Å². The van der Waals surface area contributed by atoms with E-state index < -0.39 is 12.0 Å². The highest BCUT2D eigenvalue weighted by molar-refractivity contribution is 5.90. The molecule has 8 heteroatoms. The Hall–Kier alpha value is -2.22. The van der Waals surface area contributed by atoms with Crippen molar-refractivity contribution >= 4 is 17.6 Å². The molecule has 1 aliphatic heterocycles. The molecule has 1 aromatic rings. The van der Waals surface area contributed by atoms with Gasteiger partial charge in [0.05, 0.1) is 0 Å². The van der Waals surface area contributed by atoms with Gasteiger partial charge in [-0.3, -0.25) is 9.59 Å². The van der Waals surface area contributed by atoms with Gasteiger partial charge in [0.25, 0.3) is 11.8 Å². The van der Waals surface area contributed by atoms with Crippen molar-refractivity contribution in [2.24, 2.45) is 5.73 Å². The van der Waals surface area contributed by atoms with Gasteiger partial charge in [0.1, 0.15) is 6.10 Å². The van der Waals surface area contributed by atoms with E-state index in [1.807, 2.05) is 4.90 Å². The van der Waals surface area contributed by atoms with Crippen LogP contribution in [0.3, 0.4) is 0 Å². The second-order valence-corrected chi connectivity index (χ2v) is 4.63. The van der Waals surface area contributed by atoms with Crippen molar-refractivity contribution in [3.63, 3.8) is 0 Å². The van der Waals surface area contributed by atoms with Gasteiger partial charge < -0.3 is 20.6 Å². The van der Waals surface area contributed by atoms with E-state index in [4.69, 9.17) is 5.73 Å². The molecular formula is C12H17N5O3. The van der Waals surface area contributed by atoms with Crippen molar-refractivity contribution in [3.8, 4) is 0 Å². The van der Waals surface area contributed by atoms with Gasteiger partial charge in [-0.15, -0.1) is 10.2 Å². The molecule has 1 saturated heterocycles. The minimum absolute atomic E-state index is 0.122. The fourth-order valence-corrected chi connectivity index (χ4v) is 2.05. The number of carbonyl (C=O) groups is 2. The van der Waals surface area contributed by atoms with Crippen LogP contribution in [-0.2, 0) is 4.79 Å². The molecule has 1 atom stereocenters. The van der Waals surface area contributed by atoms with Crippen LogP contribution in [0.15, 0.2) is 12.1 Å². The third-order valence-corrected chi connectivity index (χ3v) is 3.18. The summed E-state index contributed by atoms with van der Waals surface area (Å²) in [6, 6.07) is 3.21. The van der Waals surface area contributed by atoms with E-state index in [1.165, 1.54) is 13.0 Å². The summed E-state index contributed by atoms with van der Waals surface area (Å²) in [6.07, 6.45) is -0.976. The molecule has 0 spiro atoms. The summed E-state index contributed by atoms with van der Waals surface area (Å²) < 4.78 is 0. The molecule has 2 rings (SSSR count). The molecule has 0 saturated carbocycles. The van der Waals surface area contributed by atoms with Crippen LogP contribution in [0.2, 0.25) is 0 Å². The molecular weight excluding hydrogens is 262 g/mol. The molecule has 108 valence electrons. The molecule has 8 nitrogen and oxygen atoms in total. The molecule has 2 heterocycles. The smallest absolute Gasteiger partial charge is 0.269 e. The molecule has 0 bridgehead atoms. The molecule has 20 heavy (non-hydrogen) atoms. The number of amides is 2. The van der Waals surface area contributed by atoms with Crippen molar-refractivity contribution in [1.29, 1.82) is 0 Å².